The van der Waals surface area contributed by atoms with Gasteiger partial charge in [0.25, 0.3) is 0 Å². The van der Waals surface area contributed by atoms with E-state index in [2.05, 4.69) is 5.32 Å². The van der Waals surface area contributed by atoms with Crippen molar-refractivity contribution in [2.24, 2.45) is 0 Å². The second-order valence-electron chi connectivity index (χ2n) is 6.60. The highest BCUT2D eigenvalue weighted by Gasteiger charge is 2.33. The van der Waals surface area contributed by atoms with Crippen LogP contribution in [0.25, 0.3) is 0 Å². The van der Waals surface area contributed by atoms with Crippen LogP contribution in [0.5, 0.6) is 11.5 Å². The summed E-state index contributed by atoms with van der Waals surface area (Å²) in [5.41, 5.74) is 0.816. The molecule has 1 unspecified atom stereocenters. The molecule has 6 heteroatoms. The first-order valence-corrected chi connectivity index (χ1v) is 8.88. The van der Waals surface area contributed by atoms with Gasteiger partial charge in [-0.25, -0.2) is 4.79 Å². The Labute approximate surface area is 152 Å². The molecule has 134 valence electrons. The first-order chi connectivity index (χ1) is 12.7. The Hall–Kier alpha value is -3.02. The van der Waals surface area contributed by atoms with Crippen molar-refractivity contribution in [2.45, 2.75) is 18.9 Å². The van der Waals surface area contributed by atoms with Crippen LogP contribution in [-0.4, -0.2) is 42.5 Å². The largest absolute Gasteiger partial charge is 0.457 e. The van der Waals surface area contributed by atoms with E-state index < -0.39 is 0 Å². The lowest BCUT2D eigenvalue weighted by Gasteiger charge is -2.31. The number of para-hydroxylation sites is 1. The fourth-order valence-electron chi connectivity index (χ4n) is 3.16. The lowest BCUT2D eigenvalue weighted by Crippen LogP contribution is -2.51. The number of likely N-dealkylation sites (tertiary alicyclic amines) is 1. The fourth-order valence-corrected chi connectivity index (χ4v) is 3.16. The van der Waals surface area contributed by atoms with E-state index in [1.807, 2.05) is 54.6 Å². The maximum Gasteiger partial charge on any atom is 0.317 e. The van der Waals surface area contributed by atoms with Gasteiger partial charge in [-0.05, 0) is 42.8 Å². The van der Waals surface area contributed by atoms with Crippen molar-refractivity contribution >= 4 is 17.6 Å². The molecule has 0 radical (unpaired) electrons. The molecule has 2 aliphatic heterocycles. The number of carbonyl (C=O) groups excluding carboxylic acids is 2. The maximum atomic E-state index is 12.3. The van der Waals surface area contributed by atoms with Crippen LogP contribution in [0.4, 0.5) is 10.5 Å². The molecule has 2 aliphatic rings. The minimum Gasteiger partial charge on any atom is -0.457 e. The quantitative estimate of drug-likeness (QED) is 0.921. The molecular formula is C20H21N3O3. The van der Waals surface area contributed by atoms with Crippen LogP contribution < -0.4 is 15.0 Å². The molecule has 0 bridgehead atoms. The van der Waals surface area contributed by atoms with Gasteiger partial charge in [0.15, 0.2) is 0 Å². The Kier molecular flexibility index (Phi) is 4.48. The van der Waals surface area contributed by atoms with Crippen molar-refractivity contribution in [3.63, 3.8) is 0 Å². The summed E-state index contributed by atoms with van der Waals surface area (Å²) in [6.45, 7) is 2.11. The monoisotopic (exact) mass is 351 g/mol. The van der Waals surface area contributed by atoms with Crippen molar-refractivity contribution < 1.29 is 14.3 Å². The predicted molar refractivity (Wildman–Crippen MR) is 98.4 cm³/mol. The minimum atomic E-state index is -0.143. The van der Waals surface area contributed by atoms with Gasteiger partial charge >= 0.3 is 6.03 Å². The average Bonchev–Trinajstić information content (AvgIpc) is 2.95. The highest BCUT2D eigenvalue weighted by Crippen LogP contribution is 2.27. The standard InChI is InChI=1S/C20H21N3O3/c24-19-13-15(21-20(25)22-11-4-12-22)14-23(19)16-7-9-18(10-8-16)26-17-5-2-1-3-6-17/h1-3,5-10,15H,4,11-14H2,(H,21,25). The number of rotatable bonds is 4. The third-order valence-electron chi connectivity index (χ3n) is 4.72. The number of nitrogens with one attached hydrogen (secondary N) is 1. The zero-order valence-corrected chi connectivity index (χ0v) is 14.4. The number of urea groups is 1. The molecule has 2 aromatic rings. The van der Waals surface area contributed by atoms with Gasteiger partial charge in [0.1, 0.15) is 11.5 Å². The topological polar surface area (TPSA) is 61.9 Å². The SMILES string of the molecule is O=C(NC1CC(=O)N(c2ccc(Oc3ccccc3)cc2)C1)N1CCC1. The van der Waals surface area contributed by atoms with E-state index in [4.69, 9.17) is 4.74 Å². The Morgan fingerprint density at radius 2 is 1.69 bits per heavy atom. The summed E-state index contributed by atoms with van der Waals surface area (Å²) < 4.78 is 5.78. The van der Waals surface area contributed by atoms with Crippen LogP contribution in [0.1, 0.15) is 12.8 Å². The lowest BCUT2D eigenvalue weighted by atomic mass is 10.2. The van der Waals surface area contributed by atoms with Crippen molar-refractivity contribution in [3.8, 4) is 11.5 Å². The van der Waals surface area contributed by atoms with E-state index in [1.54, 1.807) is 9.80 Å². The Morgan fingerprint density at radius 1 is 1.00 bits per heavy atom. The first kappa shape index (κ1) is 16.4. The third-order valence-corrected chi connectivity index (χ3v) is 4.72. The molecule has 1 atom stereocenters. The molecule has 6 nitrogen and oxygen atoms in total. The molecule has 2 saturated heterocycles. The molecule has 1 N–H and O–H groups in total. The van der Waals surface area contributed by atoms with Crippen molar-refractivity contribution in [2.75, 3.05) is 24.5 Å². The number of hydrogen-bond acceptors (Lipinski definition) is 3. The van der Waals surface area contributed by atoms with E-state index in [0.29, 0.717) is 18.7 Å². The van der Waals surface area contributed by atoms with Gasteiger partial charge in [-0.2, -0.15) is 0 Å². The van der Waals surface area contributed by atoms with Crippen LogP contribution in [-0.2, 0) is 4.79 Å². The highest BCUT2D eigenvalue weighted by atomic mass is 16.5. The van der Waals surface area contributed by atoms with E-state index >= 15 is 0 Å². The minimum absolute atomic E-state index is 0.0237. The van der Waals surface area contributed by atoms with Crippen LogP contribution in [0.15, 0.2) is 54.6 Å². The Morgan fingerprint density at radius 3 is 2.35 bits per heavy atom. The summed E-state index contributed by atoms with van der Waals surface area (Å²) in [5, 5.41) is 2.95. The van der Waals surface area contributed by atoms with Gasteiger partial charge in [-0.3, -0.25) is 4.79 Å². The van der Waals surface area contributed by atoms with E-state index in [0.717, 1.165) is 30.9 Å². The molecule has 2 aromatic carbocycles. The van der Waals surface area contributed by atoms with Crippen LogP contribution in [0.2, 0.25) is 0 Å². The summed E-state index contributed by atoms with van der Waals surface area (Å²) in [5.74, 6) is 1.51. The second-order valence-corrected chi connectivity index (χ2v) is 6.60. The molecule has 2 fully saturated rings. The summed E-state index contributed by atoms with van der Waals surface area (Å²) in [4.78, 5) is 27.8. The smallest absolute Gasteiger partial charge is 0.317 e. The average molecular weight is 351 g/mol. The molecule has 0 spiro atoms. The summed E-state index contributed by atoms with van der Waals surface area (Å²) in [7, 11) is 0. The summed E-state index contributed by atoms with van der Waals surface area (Å²) in [6.07, 6.45) is 1.39. The Bertz CT molecular complexity index is 788. The molecule has 0 aliphatic carbocycles. The summed E-state index contributed by atoms with van der Waals surface area (Å²) in [6, 6.07) is 16.8. The number of nitrogens with zero attached hydrogens (tertiary/aromatic N) is 2. The zero-order chi connectivity index (χ0) is 17.9. The molecule has 26 heavy (non-hydrogen) atoms. The molecule has 2 heterocycles. The van der Waals surface area contributed by atoms with Gasteiger partial charge in [0, 0.05) is 31.7 Å². The van der Waals surface area contributed by atoms with Gasteiger partial charge < -0.3 is 19.9 Å². The third kappa shape index (κ3) is 3.49. The van der Waals surface area contributed by atoms with Crippen molar-refractivity contribution in [3.05, 3.63) is 54.6 Å². The van der Waals surface area contributed by atoms with E-state index in [-0.39, 0.29) is 18.0 Å². The van der Waals surface area contributed by atoms with E-state index in [9.17, 15) is 9.59 Å². The molecule has 4 rings (SSSR count). The second kappa shape index (κ2) is 7.07. The zero-order valence-electron chi connectivity index (χ0n) is 14.4. The Balaban J connectivity index is 1.37. The number of anilines is 1. The van der Waals surface area contributed by atoms with Crippen LogP contribution in [0.3, 0.4) is 0 Å². The number of hydrogen-bond donors (Lipinski definition) is 1. The van der Waals surface area contributed by atoms with Gasteiger partial charge in [-0.1, -0.05) is 18.2 Å². The normalized spacial score (nSPS) is 19.2. The molecule has 0 saturated carbocycles. The fraction of sp³-hybridized carbons (Fsp3) is 0.300. The van der Waals surface area contributed by atoms with Crippen LogP contribution >= 0.6 is 0 Å². The van der Waals surface area contributed by atoms with Crippen LogP contribution in [0, 0.1) is 0 Å². The number of carbonyl (C=O) groups is 2. The van der Waals surface area contributed by atoms with E-state index in [1.165, 1.54) is 0 Å². The first-order valence-electron chi connectivity index (χ1n) is 8.88. The number of benzene rings is 2. The van der Waals surface area contributed by atoms with Crippen molar-refractivity contribution in [1.29, 1.82) is 0 Å². The maximum absolute atomic E-state index is 12.3. The molecule has 3 amide bonds. The van der Waals surface area contributed by atoms with Gasteiger partial charge in [0.2, 0.25) is 5.91 Å². The molecule has 0 aromatic heterocycles. The summed E-state index contributed by atoms with van der Waals surface area (Å²) >= 11 is 0. The highest BCUT2D eigenvalue weighted by molar-refractivity contribution is 5.96. The van der Waals surface area contributed by atoms with Gasteiger partial charge in [0.05, 0.1) is 6.04 Å². The lowest BCUT2D eigenvalue weighted by molar-refractivity contribution is -0.117. The van der Waals surface area contributed by atoms with Crippen molar-refractivity contribution in [1.82, 2.24) is 10.2 Å². The molecular weight excluding hydrogens is 330 g/mol. The van der Waals surface area contributed by atoms with Gasteiger partial charge in [-0.15, -0.1) is 0 Å². The predicted octanol–water partition coefficient (Wildman–Crippen LogP) is 3.00. The number of ether oxygens (including phenoxy) is 1. The number of amides is 3.